The molecule has 1 amide bonds. The Morgan fingerprint density at radius 1 is 1.54 bits per heavy atom. The molecule has 1 aliphatic rings. The van der Waals surface area contributed by atoms with Gasteiger partial charge in [0.2, 0.25) is 5.91 Å². The van der Waals surface area contributed by atoms with Crippen molar-refractivity contribution in [2.75, 3.05) is 33.2 Å². The summed E-state index contributed by atoms with van der Waals surface area (Å²) in [6, 6.07) is 0.337. The van der Waals surface area contributed by atoms with Crippen molar-refractivity contribution in [2.45, 2.75) is 19.4 Å². The Morgan fingerprint density at radius 2 is 2.23 bits per heavy atom. The molecular formula is C9H19N3O. The normalized spacial score (nSPS) is 24.8. The fourth-order valence-corrected chi connectivity index (χ4v) is 1.65. The average Bonchev–Trinajstić information content (AvgIpc) is 2.17. The van der Waals surface area contributed by atoms with Gasteiger partial charge in [-0.2, -0.15) is 0 Å². The number of rotatable bonds is 2. The minimum atomic E-state index is 0.242. The van der Waals surface area contributed by atoms with Crippen LogP contribution in [0.25, 0.3) is 0 Å². The molecule has 0 aromatic rings. The molecule has 1 aliphatic heterocycles. The summed E-state index contributed by atoms with van der Waals surface area (Å²) in [5.74, 6) is 0.242. The van der Waals surface area contributed by atoms with Crippen LogP contribution in [0.15, 0.2) is 0 Å². The van der Waals surface area contributed by atoms with E-state index in [2.05, 4.69) is 11.9 Å². The van der Waals surface area contributed by atoms with Crippen molar-refractivity contribution < 1.29 is 4.79 Å². The molecule has 0 spiro atoms. The molecule has 0 bridgehead atoms. The lowest BCUT2D eigenvalue weighted by atomic mass is 10.1. The number of piperazine rings is 1. The van der Waals surface area contributed by atoms with Crippen LogP contribution in [0.2, 0.25) is 0 Å². The first-order chi connectivity index (χ1) is 6.19. The Bertz CT molecular complexity index is 184. The van der Waals surface area contributed by atoms with Crippen LogP contribution in [-0.2, 0) is 4.79 Å². The summed E-state index contributed by atoms with van der Waals surface area (Å²) in [6.07, 6.45) is 0.598. The third kappa shape index (κ3) is 2.42. The molecule has 0 radical (unpaired) electrons. The van der Waals surface area contributed by atoms with E-state index in [4.69, 9.17) is 5.73 Å². The fraction of sp³-hybridized carbons (Fsp3) is 0.889. The summed E-state index contributed by atoms with van der Waals surface area (Å²) in [6.45, 7) is 5.11. The molecule has 1 unspecified atom stereocenters. The molecular weight excluding hydrogens is 166 g/mol. The number of likely N-dealkylation sites (N-methyl/N-ethyl adjacent to an activating group) is 1. The Kier molecular flexibility index (Phi) is 3.69. The molecule has 4 nitrogen and oxygen atoms in total. The molecule has 13 heavy (non-hydrogen) atoms. The van der Waals surface area contributed by atoms with E-state index in [1.54, 1.807) is 0 Å². The van der Waals surface area contributed by atoms with Gasteiger partial charge in [0.1, 0.15) is 0 Å². The standard InChI is InChI=1S/C9H19N3O/c1-3-9(13)12-5-4-11(2)8(6-10)7-12/h8H,3-7,10H2,1-2H3. The van der Waals surface area contributed by atoms with Crippen LogP contribution >= 0.6 is 0 Å². The van der Waals surface area contributed by atoms with Crippen molar-refractivity contribution >= 4 is 5.91 Å². The van der Waals surface area contributed by atoms with Gasteiger partial charge in [-0.05, 0) is 7.05 Å². The molecule has 0 saturated carbocycles. The van der Waals surface area contributed by atoms with E-state index in [-0.39, 0.29) is 5.91 Å². The van der Waals surface area contributed by atoms with E-state index >= 15 is 0 Å². The molecule has 76 valence electrons. The molecule has 1 fully saturated rings. The Labute approximate surface area is 79.7 Å². The van der Waals surface area contributed by atoms with E-state index in [1.165, 1.54) is 0 Å². The average molecular weight is 185 g/mol. The van der Waals surface area contributed by atoms with Crippen LogP contribution in [0.4, 0.5) is 0 Å². The van der Waals surface area contributed by atoms with Crippen molar-refractivity contribution in [1.29, 1.82) is 0 Å². The summed E-state index contributed by atoms with van der Waals surface area (Å²) in [5.41, 5.74) is 5.62. The van der Waals surface area contributed by atoms with Gasteiger partial charge in [0.15, 0.2) is 0 Å². The van der Waals surface area contributed by atoms with Gasteiger partial charge in [0.05, 0.1) is 0 Å². The van der Waals surface area contributed by atoms with Crippen molar-refractivity contribution in [3.05, 3.63) is 0 Å². The first-order valence-corrected chi connectivity index (χ1v) is 4.87. The maximum Gasteiger partial charge on any atom is 0.222 e. The second-order valence-electron chi connectivity index (χ2n) is 3.56. The first kappa shape index (κ1) is 10.5. The van der Waals surface area contributed by atoms with Crippen LogP contribution < -0.4 is 5.73 Å². The molecule has 2 N–H and O–H groups in total. The predicted molar refractivity (Wildman–Crippen MR) is 52.3 cm³/mol. The van der Waals surface area contributed by atoms with Gasteiger partial charge >= 0.3 is 0 Å². The highest BCUT2D eigenvalue weighted by Gasteiger charge is 2.24. The van der Waals surface area contributed by atoms with Crippen LogP contribution in [0.1, 0.15) is 13.3 Å². The van der Waals surface area contributed by atoms with E-state index in [1.807, 2.05) is 11.8 Å². The number of carbonyl (C=O) groups excluding carboxylic acids is 1. The van der Waals surface area contributed by atoms with Gasteiger partial charge in [-0.15, -0.1) is 0 Å². The van der Waals surface area contributed by atoms with Crippen LogP contribution in [-0.4, -0.2) is 55.0 Å². The van der Waals surface area contributed by atoms with Gasteiger partial charge < -0.3 is 10.6 Å². The Hall–Kier alpha value is -0.610. The summed E-state index contributed by atoms with van der Waals surface area (Å²) in [7, 11) is 2.06. The molecule has 1 rings (SSSR count). The molecule has 4 heteroatoms. The SMILES string of the molecule is CCC(=O)N1CCN(C)C(CN)C1. The number of amides is 1. The molecule has 0 aliphatic carbocycles. The monoisotopic (exact) mass is 185 g/mol. The summed E-state index contributed by atoms with van der Waals surface area (Å²) < 4.78 is 0. The van der Waals surface area contributed by atoms with E-state index < -0.39 is 0 Å². The van der Waals surface area contributed by atoms with Crippen molar-refractivity contribution in [2.24, 2.45) is 5.73 Å². The van der Waals surface area contributed by atoms with Crippen LogP contribution in [0.3, 0.4) is 0 Å². The molecule has 1 saturated heterocycles. The van der Waals surface area contributed by atoms with Gasteiger partial charge in [-0.3, -0.25) is 9.69 Å². The molecule has 0 aromatic carbocycles. The second-order valence-corrected chi connectivity index (χ2v) is 3.56. The zero-order chi connectivity index (χ0) is 9.84. The Balaban J connectivity index is 2.49. The number of carbonyl (C=O) groups is 1. The lowest BCUT2D eigenvalue weighted by Gasteiger charge is -2.38. The fourth-order valence-electron chi connectivity index (χ4n) is 1.65. The summed E-state index contributed by atoms with van der Waals surface area (Å²) >= 11 is 0. The number of hydrogen-bond donors (Lipinski definition) is 1. The van der Waals surface area contributed by atoms with Gasteiger partial charge in [0.25, 0.3) is 0 Å². The van der Waals surface area contributed by atoms with E-state index in [0.29, 0.717) is 19.0 Å². The lowest BCUT2D eigenvalue weighted by molar-refractivity contribution is -0.133. The van der Waals surface area contributed by atoms with Gasteiger partial charge in [-0.1, -0.05) is 6.92 Å². The third-order valence-electron chi connectivity index (χ3n) is 2.70. The third-order valence-corrected chi connectivity index (χ3v) is 2.70. The molecule has 1 heterocycles. The van der Waals surface area contributed by atoms with Crippen molar-refractivity contribution in [3.8, 4) is 0 Å². The number of hydrogen-bond acceptors (Lipinski definition) is 3. The van der Waals surface area contributed by atoms with Crippen molar-refractivity contribution in [1.82, 2.24) is 9.80 Å². The highest BCUT2D eigenvalue weighted by Crippen LogP contribution is 2.07. The van der Waals surface area contributed by atoms with E-state index in [0.717, 1.165) is 19.6 Å². The largest absolute Gasteiger partial charge is 0.340 e. The summed E-state index contributed by atoms with van der Waals surface area (Å²) in [4.78, 5) is 15.5. The highest BCUT2D eigenvalue weighted by molar-refractivity contribution is 5.75. The summed E-state index contributed by atoms with van der Waals surface area (Å²) in [5, 5.41) is 0. The minimum Gasteiger partial charge on any atom is -0.340 e. The van der Waals surface area contributed by atoms with E-state index in [9.17, 15) is 4.79 Å². The van der Waals surface area contributed by atoms with Crippen molar-refractivity contribution in [3.63, 3.8) is 0 Å². The van der Waals surface area contributed by atoms with Gasteiger partial charge in [-0.25, -0.2) is 0 Å². The minimum absolute atomic E-state index is 0.242. The predicted octanol–water partition coefficient (Wildman–Crippen LogP) is -0.502. The van der Waals surface area contributed by atoms with Crippen LogP contribution in [0, 0.1) is 0 Å². The molecule has 1 atom stereocenters. The lowest BCUT2D eigenvalue weighted by Crippen LogP contribution is -2.55. The van der Waals surface area contributed by atoms with Gasteiger partial charge in [0, 0.05) is 38.6 Å². The number of nitrogens with zero attached hydrogens (tertiary/aromatic N) is 2. The molecule has 0 aromatic heterocycles. The second kappa shape index (κ2) is 4.58. The maximum absolute atomic E-state index is 11.4. The zero-order valence-corrected chi connectivity index (χ0v) is 8.49. The first-order valence-electron chi connectivity index (χ1n) is 4.87. The topological polar surface area (TPSA) is 49.6 Å². The Morgan fingerprint density at radius 3 is 2.77 bits per heavy atom. The number of nitrogens with two attached hydrogens (primary N) is 1. The smallest absolute Gasteiger partial charge is 0.222 e. The quantitative estimate of drug-likeness (QED) is 0.631. The highest BCUT2D eigenvalue weighted by atomic mass is 16.2. The van der Waals surface area contributed by atoms with Crippen LogP contribution in [0.5, 0.6) is 0 Å². The maximum atomic E-state index is 11.4. The zero-order valence-electron chi connectivity index (χ0n) is 8.49.